The minimum atomic E-state index is -0.106. The van der Waals surface area contributed by atoms with Crippen LogP contribution in [0.15, 0.2) is 29.2 Å². The van der Waals surface area contributed by atoms with Crippen LogP contribution in [-0.2, 0) is 11.5 Å². The molecule has 2 aromatic heterocycles. The molecule has 7 nitrogen and oxygen atoms in total. The smallest absolute Gasteiger partial charge is 0.351 e. The molecular formula is C17H23N5O2. The number of rotatable bonds is 4. The Morgan fingerprint density at radius 1 is 1.21 bits per heavy atom. The third kappa shape index (κ3) is 2.96. The van der Waals surface area contributed by atoms with Crippen LogP contribution in [0.4, 0.5) is 0 Å². The molecule has 0 unspecified atom stereocenters. The summed E-state index contributed by atoms with van der Waals surface area (Å²) in [6.45, 7) is 2.25. The zero-order valence-corrected chi connectivity index (χ0v) is 13.7. The van der Waals surface area contributed by atoms with Crippen molar-refractivity contribution in [1.29, 1.82) is 0 Å². The third-order valence-electron chi connectivity index (χ3n) is 5.23. The molecule has 0 radical (unpaired) electrons. The van der Waals surface area contributed by atoms with Gasteiger partial charge in [-0.25, -0.2) is 4.79 Å². The second-order valence-corrected chi connectivity index (χ2v) is 6.88. The number of carbonyl (C=O) groups is 1. The first-order valence-electron chi connectivity index (χ1n) is 8.77. The summed E-state index contributed by atoms with van der Waals surface area (Å²) < 4.78 is 3.08. The number of pyridine rings is 1. The summed E-state index contributed by atoms with van der Waals surface area (Å²) in [7, 11) is 0. The van der Waals surface area contributed by atoms with Gasteiger partial charge in [0.15, 0.2) is 5.65 Å². The number of fused-ring (bicyclic) bond motifs is 1. The van der Waals surface area contributed by atoms with Gasteiger partial charge < -0.3 is 5.32 Å². The van der Waals surface area contributed by atoms with Crippen LogP contribution in [0.2, 0.25) is 0 Å². The van der Waals surface area contributed by atoms with Gasteiger partial charge in [0.2, 0.25) is 5.91 Å². The van der Waals surface area contributed by atoms with Gasteiger partial charge in [0, 0.05) is 31.2 Å². The highest BCUT2D eigenvalue weighted by Crippen LogP contribution is 2.26. The number of hydrogen-bond donors (Lipinski definition) is 1. The van der Waals surface area contributed by atoms with Crippen LogP contribution in [0.25, 0.3) is 5.65 Å². The fourth-order valence-corrected chi connectivity index (χ4v) is 3.46. The molecule has 2 aromatic rings. The highest BCUT2D eigenvalue weighted by molar-refractivity contribution is 5.79. The van der Waals surface area contributed by atoms with Crippen LogP contribution in [0.1, 0.15) is 32.1 Å². The number of hydrogen-bond acceptors (Lipinski definition) is 4. The molecule has 128 valence electrons. The van der Waals surface area contributed by atoms with E-state index in [0.29, 0.717) is 12.3 Å². The predicted octanol–water partition coefficient (Wildman–Crippen LogP) is 0.834. The Balaban J connectivity index is 1.33. The molecule has 1 saturated heterocycles. The summed E-state index contributed by atoms with van der Waals surface area (Å²) in [6, 6.07) is 5.81. The summed E-state index contributed by atoms with van der Waals surface area (Å²) in [5.74, 6) is 0.482. The minimum Gasteiger partial charge on any atom is -0.353 e. The van der Waals surface area contributed by atoms with Crippen molar-refractivity contribution in [3.63, 3.8) is 0 Å². The molecule has 3 heterocycles. The van der Waals surface area contributed by atoms with Crippen molar-refractivity contribution in [3.05, 3.63) is 34.9 Å². The molecule has 1 aliphatic heterocycles. The third-order valence-corrected chi connectivity index (χ3v) is 5.23. The van der Waals surface area contributed by atoms with Crippen LogP contribution in [0.3, 0.4) is 0 Å². The Labute approximate surface area is 140 Å². The van der Waals surface area contributed by atoms with Crippen molar-refractivity contribution in [1.82, 2.24) is 24.4 Å². The Morgan fingerprint density at radius 2 is 2.00 bits per heavy atom. The van der Waals surface area contributed by atoms with Gasteiger partial charge in [0.1, 0.15) is 0 Å². The highest BCUT2D eigenvalue weighted by Gasteiger charge is 2.28. The van der Waals surface area contributed by atoms with Crippen molar-refractivity contribution in [2.24, 2.45) is 5.92 Å². The molecule has 4 rings (SSSR count). The molecule has 7 heteroatoms. The van der Waals surface area contributed by atoms with Crippen molar-refractivity contribution in [3.8, 4) is 0 Å². The van der Waals surface area contributed by atoms with Gasteiger partial charge in [0.05, 0.1) is 6.67 Å². The molecule has 1 amide bonds. The fourth-order valence-electron chi connectivity index (χ4n) is 3.46. The maximum atomic E-state index is 12.3. The summed E-state index contributed by atoms with van der Waals surface area (Å²) >= 11 is 0. The van der Waals surface area contributed by atoms with Crippen molar-refractivity contribution >= 4 is 11.6 Å². The Kier molecular flexibility index (Phi) is 4.10. The predicted molar refractivity (Wildman–Crippen MR) is 89.5 cm³/mol. The van der Waals surface area contributed by atoms with E-state index in [9.17, 15) is 9.59 Å². The van der Waals surface area contributed by atoms with E-state index in [4.69, 9.17) is 0 Å². The lowest BCUT2D eigenvalue weighted by Gasteiger charge is -2.33. The maximum Gasteiger partial charge on any atom is 0.351 e. The van der Waals surface area contributed by atoms with Crippen molar-refractivity contribution in [2.75, 3.05) is 13.1 Å². The first kappa shape index (κ1) is 15.4. The largest absolute Gasteiger partial charge is 0.353 e. The standard InChI is InChI=1S/C17H23N5O2/c23-16(13-4-3-5-13)18-14-7-10-20(11-8-14)12-22-17(24)21-9-2-1-6-15(21)19-22/h1-2,6,9,13-14H,3-5,7-8,10-12H2,(H,18,23). The number of likely N-dealkylation sites (tertiary alicyclic amines) is 1. The normalized spacial score (nSPS) is 20.2. The Hall–Kier alpha value is -2.15. The first-order valence-corrected chi connectivity index (χ1v) is 8.77. The number of carbonyl (C=O) groups excluding carboxylic acids is 1. The monoisotopic (exact) mass is 329 g/mol. The van der Waals surface area contributed by atoms with E-state index >= 15 is 0 Å². The van der Waals surface area contributed by atoms with Crippen LogP contribution in [-0.4, -0.2) is 44.1 Å². The maximum absolute atomic E-state index is 12.3. The molecule has 2 fully saturated rings. The lowest BCUT2D eigenvalue weighted by atomic mass is 9.84. The lowest BCUT2D eigenvalue weighted by molar-refractivity contribution is -0.128. The first-order chi connectivity index (χ1) is 11.7. The highest BCUT2D eigenvalue weighted by atomic mass is 16.2. The minimum absolute atomic E-state index is 0.106. The average molecular weight is 329 g/mol. The summed E-state index contributed by atoms with van der Waals surface area (Å²) in [5.41, 5.74) is 0.566. The van der Waals surface area contributed by atoms with E-state index < -0.39 is 0 Å². The SMILES string of the molecule is O=C(NC1CCN(Cn2nc3ccccn3c2=O)CC1)C1CCC1. The fraction of sp³-hybridized carbons (Fsp3) is 0.588. The molecule has 1 N–H and O–H groups in total. The van der Waals surface area contributed by atoms with E-state index in [-0.39, 0.29) is 23.6 Å². The number of aromatic nitrogens is 3. The molecule has 0 bridgehead atoms. The molecule has 24 heavy (non-hydrogen) atoms. The van der Waals surface area contributed by atoms with Gasteiger partial charge in [-0.3, -0.25) is 14.1 Å². The van der Waals surface area contributed by atoms with Crippen LogP contribution < -0.4 is 11.0 Å². The van der Waals surface area contributed by atoms with E-state index in [1.54, 1.807) is 10.6 Å². The Morgan fingerprint density at radius 3 is 2.67 bits per heavy atom. The van der Waals surface area contributed by atoms with E-state index in [0.717, 1.165) is 38.8 Å². The lowest BCUT2D eigenvalue weighted by Crippen LogP contribution is -2.48. The number of piperidine rings is 1. The van der Waals surface area contributed by atoms with Gasteiger partial charge in [0.25, 0.3) is 0 Å². The zero-order chi connectivity index (χ0) is 16.5. The van der Waals surface area contributed by atoms with Gasteiger partial charge in [-0.15, -0.1) is 5.10 Å². The number of nitrogens with zero attached hydrogens (tertiary/aromatic N) is 4. The van der Waals surface area contributed by atoms with E-state index in [1.165, 1.54) is 11.1 Å². The van der Waals surface area contributed by atoms with E-state index in [2.05, 4.69) is 15.3 Å². The second-order valence-electron chi connectivity index (χ2n) is 6.88. The molecule has 0 aromatic carbocycles. The van der Waals surface area contributed by atoms with Crippen LogP contribution in [0, 0.1) is 5.92 Å². The van der Waals surface area contributed by atoms with Crippen molar-refractivity contribution < 1.29 is 4.79 Å². The second kappa shape index (κ2) is 6.39. The molecule has 0 spiro atoms. The average Bonchev–Trinajstić information content (AvgIpc) is 2.84. The topological polar surface area (TPSA) is 71.6 Å². The molecule has 2 aliphatic rings. The summed E-state index contributed by atoms with van der Waals surface area (Å²) in [4.78, 5) is 26.6. The van der Waals surface area contributed by atoms with Gasteiger partial charge in [-0.2, -0.15) is 4.68 Å². The van der Waals surface area contributed by atoms with Crippen molar-refractivity contribution in [2.45, 2.75) is 44.8 Å². The number of nitrogens with one attached hydrogen (secondary N) is 1. The summed E-state index contributed by atoms with van der Waals surface area (Å²) in [6.07, 6.45) is 6.87. The quantitative estimate of drug-likeness (QED) is 0.902. The molecule has 1 saturated carbocycles. The molecular weight excluding hydrogens is 306 g/mol. The van der Waals surface area contributed by atoms with Crippen LogP contribution >= 0.6 is 0 Å². The van der Waals surface area contributed by atoms with E-state index in [1.807, 2.05) is 18.2 Å². The summed E-state index contributed by atoms with van der Waals surface area (Å²) in [5, 5.41) is 7.56. The number of amides is 1. The van der Waals surface area contributed by atoms with Gasteiger partial charge in [-0.1, -0.05) is 12.5 Å². The van der Waals surface area contributed by atoms with Gasteiger partial charge >= 0.3 is 5.69 Å². The van der Waals surface area contributed by atoms with Crippen LogP contribution in [0.5, 0.6) is 0 Å². The van der Waals surface area contributed by atoms with Gasteiger partial charge in [-0.05, 0) is 37.8 Å². The molecule has 1 aliphatic carbocycles. The molecule has 0 atom stereocenters. The zero-order valence-electron chi connectivity index (χ0n) is 13.7. The Bertz CT molecular complexity index is 784.